The third-order valence-corrected chi connectivity index (χ3v) is 2.80. The highest BCUT2D eigenvalue weighted by molar-refractivity contribution is 5.83. The molecule has 110 valence electrons. The highest BCUT2D eigenvalue weighted by Crippen LogP contribution is 2.06. The topological polar surface area (TPSA) is 90.0 Å². The van der Waals surface area contributed by atoms with Crippen LogP contribution < -0.4 is 5.32 Å². The number of likely N-dealkylation sites (N-methyl/N-ethyl adjacent to an activating group) is 2. The molecule has 0 aliphatic rings. The maximum absolute atomic E-state index is 11.7. The molecule has 0 radical (unpaired) electrons. The number of hydrogen-bond acceptors (Lipinski definition) is 3. The summed E-state index contributed by atoms with van der Waals surface area (Å²) in [6.45, 7) is 2.16. The standard InChI is InChI=1S/C12H23N3O4/c1-5-9(6-11(17)18)7-13-12(19)15(4)8-10(16)14(2)3/h9H,5-8H2,1-4H3,(H,13,19)(H,17,18). The number of urea groups is 1. The van der Waals surface area contributed by atoms with Crippen molar-refractivity contribution in [2.75, 3.05) is 34.2 Å². The third kappa shape index (κ3) is 7.28. The van der Waals surface area contributed by atoms with Crippen molar-refractivity contribution in [2.24, 2.45) is 5.92 Å². The molecule has 0 spiro atoms. The number of carboxylic acids is 1. The number of nitrogens with one attached hydrogen (secondary N) is 1. The van der Waals surface area contributed by atoms with Crippen LogP contribution in [0.5, 0.6) is 0 Å². The van der Waals surface area contributed by atoms with Gasteiger partial charge in [-0.1, -0.05) is 13.3 Å². The lowest BCUT2D eigenvalue weighted by molar-refractivity contribution is -0.138. The van der Waals surface area contributed by atoms with Crippen molar-refractivity contribution in [3.63, 3.8) is 0 Å². The summed E-state index contributed by atoms with van der Waals surface area (Å²) in [7, 11) is 4.76. The monoisotopic (exact) mass is 273 g/mol. The van der Waals surface area contributed by atoms with Crippen molar-refractivity contribution in [1.82, 2.24) is 15.1 Å². The van der Waals surface area contributed by atoms with Gasteiger partial charge in [-0.05, 0) is 5.92 Å². The van der Waals surface area contributed by atoms with Crippen molar-refractivity contribution in [1.29, 1.82) is 0 Å². The molecule has 0 saturated carbocycles. The minimum atomic E-state index is -0.878. The zero-order valence-electron chi connectivity index (χ0n) is 12.0. The quantitative estimate of drug-likeness (QED) is 0.694. The molecule has 0 aliphatic heterocycles. The minimum absolute atomic E-state index is 0.00540. The maximum atomic E-state index is 11.7. The van der Waals surface area contributed by atoms with Gasteiger partial charge in [0.15, 0.2) is 0 Å². The Morgan fingerprint density at radius 3 is 2.21 bits per heavy atom. The molecule has 3 amide bonds. The van der Waals surface area contributed by atoms with Crippen LogP contribution in [0, 0.1) is 5.92 Å². The number of amides is 3. The van der Waals surface area contributed by atoms with Gasteiger partial charge in [0.25, 0.3) is 0 Å². The average Bonchev–Trinajstić information content (AvgIpc) is 2.32. The Morgan fingerprint density at radius 2 is 1.79 bits per heavy atom. The van der Waals surface area contributed by atoms with E-state index in [0.717, 1.165) is 0 Å². The molecule has 0 fully saturated rings. The van der Waals surface area contributed by atoms with Crippen LogP contribution in [-0.4, -0.2) is 67.0 Å². The number of carbonyl (C=O) groups excluding carboxylic acids is 2. The Kier molecular flexibility index (Phi) is 7.55. The first-order chi connectivity index (χ1) is 8.77. The van der Waals surface area contributed by atoms with Gasteiger partial charge >= 0.3 is 12.0 Å². The van der Waals surface area contributed by atoms with E-state index in [0.29, 0.717) is 13.0 Å². The van der Waals surface area contributed by atoms with Crippen LogP contribution in [-0.2, 0) is 9.59 Å². The van der Waals surface area contributed by atoms with Crippen molar-refractivity contribution in [2.45, 2.75) is 19.8 Å². The summed E-state index contributed by atoms with van der Waals surface area (Å²) < 4.78 is 0. The van der Waals surface area contributed by atoms with Gasteiger partial charge in [-0.3, -0.25) is 9.59 Å². The van der Waals surface area contributed by atoms with Crippen molar-refractivity contribution >= 4 is 17.9 Å². The predicted octanol–water partition coefficient (Wildman–Crippen LogP) is 0.217. The van der Waals surface area contributed by atoms with Gasteiger partial charge in [0.05, 0.1) is 0 Å². The fourth-order valence-corrected chi connectivity index (χ4v) is 1.39. The molecule has 1 unspecified atom stereocenters. The van der Waals surface area contributed by atoms with Crippen LogP contribution in [0.1, 0.15) is 19.8 Å². The first-order valence-corrected chi connectivity index (χ1v) is 6.18. The van der Waals surface area contributed by atoms with Crippen LogP contribution >= 0.6 is 0 Å². The zero-order chi connectivity index (χ0) is 15.0. The summed E-state index contributed by atoms with van der Waals surface area (Å²) in [5.74, 6) is -1.15. The molecule has 0 aromatic rings. The maximum Gasteiger partial charge on any atom is 0.317 e. The van der Waals surface area contributed by atoms with Crippen LogP contribution in [0.25, 0.3) is 0 Å². The zero-order valence-corrected chi connectivity index (χ0v) is 12.0. The van der Waals surface area contributed by atoms with Crippen molar-refractivity contribution < 1.29 is 19.5 Å². The largest absolute Gasteiger partial charge is 0.481 e. The van der Waals surface area contributed by atoms with Gasteiger partial charge in [0, 0.05) is 34.1 Å². The van der Waals surface area contributed by atoms with Gasteiger partial charge in [0.2, 0.25) is 5.91 Å². The minimum Gasteiger partial charge on any atom is -0.481 e. The Morgan fingerprint density at radius 1 is 1.21 bits per heavy atom. The fourth-order valence-electron chi connectivity index (χ4n) is 1.39. The SMILES string of the molecule is CCC(CNC(=O)N(C)CC(=O)N(C)C)CC(=O)O. The smallest absolute Gasteiger partial charge is 0.317 e. The molecule has 1 atom stereocenters. The Labute approximate surface area is 113 Å². The van der Waals surface area contributed by atoms with E-state index in [-0.39, 0.29) is 30.8 Å². The number of carbonyl (C=O) groups is 3. The lowest BCUT2D eigenvalue weighted by Gasteiger charge is -2.21. The molecule has 0 rings (SSSR count). The molecule has 0 bridgehead atoms. The average molecular weight is 273 g/mol. The molecule has 0 saturated heterocycles. The lowest BCUT2D eigenvalue weighted by atomic mass is 10.0. The van der Waals surface area contributed by atoms with Gasteiger partial charge in [-0.15, -0.1) is 0 Å². The summed E-state index contributed by atoms with van der Waals surface area (Å²) in [5, 5.41) is 11.3. The van der Waals surface area contributed by atoms with Crippen LogP contribution in [0.4, 0.5) is 4.79 Å². The van der Waals surface area contributed by atoms with E-state index in [4.69, 9.17) is 5.11 Å². The van der Waals surface area contributed by atoms with Gasteiger partial charge in [-0.2, -0.15) is 0 Å². The predicted molar refractivity (Wildman–Crippen MR) is 70.8 cm³/mol. The van der Waals surface area contributed by atoms with Crippen LogP contribution in [0.15, 0.2) is 0 Å². The molecule has 0 heterocycles. The van der Waals surface area contributed by atoms with Gasteiger partial charge < -0.3 is 20.2 Å². The van der Waals surface area contributed by atoms with E-state index in [1.54, 1.807) is 14.1 Å². The fraction of sp³-hybridized carbons (Fsp3) is 0.750. The third-order valence-electron chi connectivity index (χ3n) is 2.80. The molecule has 7 nitrogen and oxygen atoms in total. The summed E-state index contributed by atoms with van der Waals surface area (Å²) in [6.07, 6.45) is 0.698. The Balaban J connectivity index is 4.15. The molecule has 19 heavy (non-hydrogen) atoms. The van der Waals surface area contributed by atoms with Gasteiger partial charge in [-0.25, -0.2) is 4.79 Å². The number of hydrogen-bond donors (Lipinski definition) is 2. The van der Waals surface area contributed by atoms with E-state index in [1.807, 2.05) is 6.92 Å². The highest BCUT2D eigenvalue weighted by atomic mass is 16.4. The molecule has 7 heteroatoms. The molecular formula is C12H23N3O4. The number of nitrogens with zero attached hydrogens (tertiary/aromatic N) is 2. The summed E-state index contributed by atoms with van der Waals surface area (Å²) >= 11 is 0. The Hall–Kier alpha value is -1.79. The van der Waals surface area contributed by atoms with E-state index in [1.165, 1.54) is 16.8 Å². The highest BCUT2D eigenvalue weighted by Gasteiger charge is 2.16. The second-order valence-corrected chi connectivity index (χ2v) is 4.70. The molecule has 2 N–H and O–H groups in total. The van der Waals surface area contributed by atoms with E-state index >= 15 is 0 Å². The number of carboxylic acid groups (broad SMARTS) is 1. The first-order valence-electron chi connectivity index (χ1n) is 6.18. The Bertz CT molecular complexity index is 331. The van der Waals surface area contributed by atoms with E-state index in [9.17, 15) is 14.4 Å². The van der Waals surface area contributed by atoms with Crippen molar-refractivity contribution in [3.05, 3.63) is 0 Å². The number of aliphatic carboxylic acids is 1. The second-order valence-electron chi connectivity index (χ2n) is 4.70. The normalized spacial score (nSPS) is 11.6. The summed E-state index contributed by atoms with van der Waals surface area (Å²) in [4.78, 5) is 36.4. The molecule has 0 aromatic heterocycles. The second kappa shape index (κ2) is 8.34. The summed E-state index contributed by atoms with van der Waals surface area (Å²) in [6, 6.07) is -0.376. The lowest BCUT2D eigenvalue weighted by Crippen LogP contribution is -2.44. The molecular weight excluding hydrogens is 250 g/mol. The van der Waals surface area contributed by atoms with Crippen LogP contribution in [0.3, 0.4) is 0 Å². The van der Waals surface area contributed by atoms with E-state index < -0.39 is 5.97 Å². The van der Waals surface area contributed by atoms with Crippen molar-refractivity contribution in [3.8, 4) is 0 Å². The van der Waals surface area contributed by atoms with Gasteiger partial charge in [0.1, 0.15) is 6.54 Å². The number of rotatable bonds is 7. The molecule has 0 aliphatic carbocycles. The van der Waals surface area contributed by atoms with Crippen LogP contribution in [0.2, 0.25) is 0 Å². The summed E-state index contributed by atoms with van der Waals surface area (Å²) in [5.41, 5.74) is 0. The van der Waals surface area contributed by atoms with E-state index in [2.05, 4.69) is 5.32 Å². The first kappa shape index (κ1) is 17.2. The molecule has 0 aromatic carbocycles.